The lowest BCUT2D eigenvalue weighted by Crippen LogP contribution is -2.35. The van der Waals surface area contributed by atoms with E-state index in [4.69, 9.17) is 9.47 Å². The lowest BCUT2D eigenvalue weighted by molar-refractivity contribution is -0.0382. The summed E-state index contributed by atoms with van der Waals surface area (Å²) in [4.78, 5) is 0. The maximum absolute atomic E-state index is 6.16. The minimum atomic E-state index is 0.158. The fourth-order valence-electron chi connectivity index (χ4n) is 3.77. The molecule has 0 unspecified atom stereocenters. The van der Waals surface area contributed by atoms with Crippen LogP contribution in [0.1, 0.15) is 36.1 Å². The molecule has 2 aliphatic heterocycles. The first-order valence-corrected chi connectivity index (χ1v) is 7.98. The molecule has 2 aliphatic rings. The number of methoxy groups -OCH3 is 1. The minimum absolute atomic E-state index is 0.158. The highest BCUT2D eigenvalue weighted by Crippen LogP contribution is 2.49. The summed E-state index contributed by atoms with van der Waals surface area (Å²) in [6.07, 6.45) is 2.48. The topological polar surface area (TPSA) is 30.5 Å². The lowest BCUT2D eigenvalue weighted by Gasteiger charge is -2.43. The maximum atomic E-state index is 6.16. The minimum Gasteiger partial charge on any atom is -0.497 e. The summed E-state index contributed by atoms with van der Waals surface area (Å²) in [7, 11) is 1.71. The summed E-state index contributed by atoms with van der Waals surface area (Å²) in [6, 6.07) is 17.3. The third kappa shape index (κ3) is 2.26. The number of benzene rings is 2. The van der Waals surface area contributed by atoms with Crippen molar-refractivity contribution in [1.82, 2.24) is 0 Å². The monoisotopic (exact) mass is 295 g/mol. The van der Waals surface area contributed by atoms with Gasteiger partial charge in [0.15, 0.2) is 0 Å². The van der Waals surface area contributed by atoms with Gasteiger partial charge in [0.25, 0.3) is 0 Å². The quantitative estimate of drug-likeness (QED) is 0.894. The molecule has 0 aromatic heterocycles. The van der Waals surface area contributed by atoms with Crippen molar-refractivity contribution in [3.05, 3.63) is 59.7 Å². The summed E-state index contributed by atoms with van der Waals surface area (Å²) >= 11 is 0. The van der Waals surface area contributed by atoms with Crippen molar-refractivity contribution in [1.29, 1.82) is 0 Å². The van der Waals surface area contributed by atoms with Crippen LogP contribution in [0.3, 0.4) is 0 Å². The molecule has 1 N–H and O–H groups in total. The van der Waals surface area contributed by atoms with Crippen LogP contribution in [0.5, 0.6) is 5.75 Å². The van der Waals surface area contributed by atoms with Gasteiger partial charge in [-0.1, -0.05) is 30.3 Å². The van der Waals surface area contributed by atoms with E-state index in [1.54, 1.807) is 7.11 Å². The first-order valence-electron chi connectivity index (χ1n) is 7.98. The molecular weight excluding hydrogens is 274 g/mol. The van der Waals surface area contributed by atoms with Gasteiger partial charge in [0.05, 0.1) is 19.3 Å². The molecule has 1 saturated heterocycles. The van der Waals surface area contributed by atoms with Gasteiger partial charge in [0, 0.05) is 23.8 Å². The van der Waals surface area contributed by atoms with Gasteiger partial charge in [-0.25, -0.2) is 0 Å². The van der Waals surface area contributed by atoms with E-state index >= 15 is 0 Å². The summed E-state index contributed by atoms with van der Waals surface area (Å²) in [6.45, 7) is 0.847. The zero-order chi connectivity index (χ0) is 14.9. The number of rotatable bonds is 2. The van der Waals surface area contributed by atoms with Gasteiger partial charge in [-0.05, 0) is 36.6 Å². The van der Waals surface area contributed by atoms with E-state index in [9.17, 15) is 0 Å². The van der Waals surface area contributed by atoms with Crippen LogP contribution < -0.4 is 10.1 Å². The molecule has 0 saturated carbocycles. The molecular formula is C19H21NO2. The van der Waals surface area contributed by atoms with Gasteiger partial charge in [-0.15, -0.1) is 0 Å². The third-order valence-corrected chi connectivity index (χ3v) is 4.83. The Hall–Kier alpha value is -2.00. The van der Waals surface area contributed by atoms with Gasteiger partial charge < -0.3 is 14.8 Å². The van der Waals surface area contributed by atoms with E-state index in [1.165, 1.54) is 17.5 Å². The normalized spacial score (nSPS) is 26.5. The summed E-state index contributed by atoms with van der Waals surface area (Å²) in [5, 5.41) is 3.73. The molecule has 0 amide bonds. The Morgan fingerprint density at radius 1 is 1.14 bits per heavy atom. The predicted octanol–water partition coefficient (Wildman–Crippen LogP) is 4.33. The van der Waals surface area contributed by atoms with Crippen molar-refractivity contribution >= 4 is 5.69 Å². The Labute approximate surface area is 131 Å². The molecule has 1 fully saturated rings. The molecule has 4 rings (SSSR count). The van der Waals surface area contributed by atoms with Crippen LogP contribution in [0.4, 0.5) is 5.69 Å². The molecule has 0 aliphatic carbocycles. The average Bonchev–Trinajstić information content (AvgIpc) is 2.61. The lowest BCUT2D eigenvalue weighted by atomic mass is 9.77. The fraction of sp³-hybridized carbons (Fsp3) is 0.368. The second kappa shape index (κ2) is 5.65. The van der Waals surface area contributed by atoms with Crippen molar-refractivity contribution in [3.8, 4) is 5.75 Å². The molecule has 2 aromatic rings. The van der Waals surface area contributed by atoms with E-state index in [1.807, 2.05) is 6.07 Å². The van der Waals surface area contributed by atoms with Crippen molar-refractivity contribution in [3.63, 3.8) is 0 Å². The van der Waals surface area contributed by atoms with Crippen LogP contribution in [-0.4, -0.2) is 13.7 Å². The van der Waals surface area contributed by atoms with Crippen molar-refractivity contribution in [2.24, 2.45) is 5.92 Å². The number of nitrogens with one attached hydrogen (secondary N) is 1. The molecule has 2 heterocycles. The van der Waals surface area contributed by atoms with Crippen LogP contribution in [0.15, 0.2) is 48.5 Å². The zero-order valence-corrected chi connectivity index (χ0v) is 12.8. The Morgan fingerprint density at radius 2 is 2.00 bits per heavy atom. The molecule has 0 spiro atoms. The van der Waals surface area contributed by atoms with Crippen molar-refractivity contribution in [2.45, 2.75) is 25.0 Å². The van der Waals surface area contributed by atoms with Crippen LogP contribution in [0.25, 0.3) is 0 Å². The van der Waals surface area contributed by atoms with Gasteiger partial charge in [-0.3, -0.25) is 0 Å². The molecule has 3 atom stereocenters. The molecule has 114 valence electrons. The van der Waals surface area contributed by atoms with E-state index in [-0.39, 0.29) is 6.10 Å². The highest BCUT2D eigenvalue weighted by atomic mass is 16.5. The van der Waals surface area contributed by atoms with Crippen LogP contribution in [0, 0.1) is 5.92 Å². The van der Waals surface area contributed by atoms with Gasteiger partial charge >= 0.3 is 0 Å². The Morgan fingerprint density at radius 3 is 2.82 bits per heavy atom. The first-order chi connectivity index (χ1) is 10.9. The predicted molar refractivity (Wildman–Crippen MR) is 87.2 cm³/mol. The molecule has 0 bridgehead atoms. The number of hydrogen-bond donors (Lipinski definition) is 1. The number of fused-ring (bicyclic) bond motifs is 3. The number of hydrogen-bond acceptors (Lipinski definition) is 3. The smallest absolute Gasteiger partial charge is 0.119 e. The highest BCUT2D eigenvalue weighted by Gasteiger charge is 2.39. The van der Waals surface area contributed by atoms with Crippen LogP contribution in [0.2, 0.25) is 0 Å². The summed E-state index contributed by atoms with van der Waals surface area (Å²) in [5.74, 6) is 1.36. The van der Waals surface area contributed by atoms with E-state index in [0.717, 1.165) is 24.5 Å². The maximum Gasteiger partial charge on any atom is 0.119 e. The Kier molecular flexibility index (Phi) is 3.51. The van der Waals surface area contributed by atoms with Gasteiger partial charge in [0.1, 0.15) is 5.75 Å². The standard InChI is InChI=1S/C19H21NO2/c1-21-14-9-10-17-16(12-14)19-15(8-5-11-22-19)18(20-17)13-6-3-2-4-7-13/h2-4,6-7,9-10,12,15,18-20H,5,8,11H2,1H3/t15-,18+,19+/m0/s1. The number of anilines is 1. The second-order valence-corrected chi connectivity index (χ2v) is 6.08. The highest BCUT2D eigenvalue weighted by molar-refractivity contribution is 5.59. The second-order valence-electron chi connectivity index (χ2n) is 6.08. The number of ether oxygens (including phenoxy) is 2. The SMILES string of the molecule is COc1ccc2c(c1)[C@@H]1OCCC[C@H]1[C@@H](c1ccccc1)N2. The van der Waals surface area contributed by atoms with E-state index in [0.29, 0.717) is 12.0 Å². The van der Waals surface area contributed by atoms with Crippen LogP contribution in [-0.2, 0) is 4.74 Å². The van der Waals surface area contributed by atoms with Crippen molar-refractivity contribution < 1.29 is 9.47 Å². The van der Waals surface area contributed by atoms with E-state index in [2.05, 4.69) is 47.8 Å². The van der Waals surface area contributed by atoms with Crippen LogP contribution >= 0.6 is 0 Å². The third-order valence-electron chi connectivity index (χ3n) is 4.83. The molecule has 2 aromatic carbocycles. The van der Waals surface area contributed by atoms with E-state index < -0.39 is 0 Å². The largest absolute Gasteiger partial charge is 0.497 e. The fourth-order valence-corrected chi connectivity index (χ4v) is 3.77. The molecule has 3 nitrogen and oxygen atoms in total. The summed E-state index contributed by atoms with van der Waals surface area (Å²) in [5.41, 5.74) is 3.73. The Bertz CT molecular complexity index is 656. The zero-order valence-electron chi connectivity index (χ0n) is 12.8. The molecule has 3 heteroatoms. The van der Waals surface area contributed by atoms with Crippen molar-refractivity contribution in [2.75, 3.05) is 19.0 Å². The molecule has 22 heavy (non-hydrogen) atoms. The van der Waals surface area contributed by atoms with Gasteiger partial charge in [-0.2, -0.15) is 0 Å². The first kappa shape index (κ1) is 13.6. The molecule has 0 radical (unpaired) electrons. The van der Waals surface area contributed by atoms with Gasteiger partial charge in [0.2, 0.25) is 0 Å². The Balaban J connectivity index is 1.77. The summed E-state index contributed by atoms with van der Waals surface area (Å²) < 4.78 is 11.6. The average molecular weight is 295 g/mol.